The fraction of sp³-hybridized carbons (Fsp3) is 0.312. The smallest absolute Gasteiger partial charge is 0.322 e. The summed E-state index contributed by atoms with van der Waals surface area (Å²) in [6.07, 6.45) is 2.56. The summed E-state index contributed by atoms with van der Waals surface area (Å²) in [5.41, 5.74) is 2.02. The molecule has 1 atom stereocenters. The molecule has 0 saturated carbocycles. The van der Waals surface area contributed by atoms with Gasteiger partial charge in [0.2, 0.25) is 5.91 Å². The first-order chi connectivity index (χ1) is 11.0. The van der Waals surface area contributed by atoms with Gasteiger partial charge >= 0.3 is 6.03 Å². The van der Waals surface area contributed by atoms with E-state index in [4.69, 9.17) is 0 Å². The van der Waals surface area contributed by atoms with Crippen LogP contribution in [-0.4, -0.2) is 41.9 Å². The third-order valence-corrected chi connectivity index (χ3v) is 4.01. The lowest BCUT2D eigenvalue weighted by molar-refractivity contribution is -0.133. The molecule has 2 heterocycles. The summed E-state index contributed by atoms with van der Waals surface area (Å²) < 4.78 is 12.9. The van der Waals surface area contributed by atoms with Crippen molar-refractivity contribution in [3.8, 4) is 0 Å². The van der Waals surface area contributed by atoms with Gasteiger partial charge in [-0.15, -0.1) is 0 Å². The highest BCUT2D eigenvalue weighted by molar-refractivity contribution is 6.05. The summed E-state index contributed by atoms with van der Waals surface area (Å²) in [6.45, 7) is 0.970. The zero-order valence-corrected chi connectivity index (χ0v) is 12.3. The third kappa shape index (κ3) is 3.39. The fourth-order valence-electron chi connectivity index (χ4n) is 2.73. The molecule has 2 aliphatic rings. The van der Waals surface area contributed by atoms with Crippen LogP contribution < -0.4 is 10.6 Å². The highest BCUT2D eigenvalue weighted by atomic mass is 19.1. The summed E-state index contributed by atoms with van der Waals surface area (Å²) >= 11 is 0. The van der Waals surface area contributed by atoms with Crippen molar-refractivity contribution in [2.45, 2.75) is 18.9 Å². The van der Waals surface area contributed by atoms with Crippen LogP contribution in [0.25, 0.3) is 5.57 Å². The van der Waals surface area contributed by atoms with Gasteiger partial charge in [0.05, 0.1) is 6.42 Å². The van der Waals surface area contributed by atoms with E-state index in [9.17, 15) is 18.8 Å². The molecule has 2 N–H and O–H groups in total. The van der Waals surface area contributed by atoms with Gasteiger partial charge in [0.25, 0.3) is 5.91 Å². The Morgan fingerprint density at radius 2 is 2.00 bits per heavy atom. The summed E-state index contributed by atoms with van der Waals surface area (Å²) in [4.78, 5) is 36.4. The van der Waals surface area contributed by atoms with Gasteiger partial charge in [-0.2, -0.15) is 0 Å². The van der Waals surface area contributed by atoms with Gasteiger partial charge in [-0.25, -0.2) is 9.18 Å². The van der Waals surface area contributed by atoms with Crippen molar-refractivity contribution in [3.63, 3.8) is 0 Å². The Hall–Kier alpha value is -2.70. The van der Waals surface area contributed by atoms with E-state index in [1.165, 1.54) is 12.1 Å². The number of carbonyl (C=O) groups excluding carboxylic acids is 3. The average Bonchev–Trinajstić information content (AvgIpc) is 2.86. The minimum atomic E-state index is -0.794. The molecule has 2 aliphatic heterocycles. The Bertz CT molecular complexity index is 684. The molecular weight excluding hydrogens is 301 g/mol. The van der Waals surface area contributed by atoms with Gasteiger partial charge in [-0.1, -0.05) is 18.2 Å². The van der Waals surface area contributed by atoms with E-state index in [1.807, 2.05) is 6.08 Å². The van der Waals surface area contributed by atoms with Gasteiger partial charge in [0.1, 0.15) is 11.9 Å². The van der Waals surface area contributed by atoms with Crippen LogP contribution in [-0.2, 0) is 9.59 Å². The number of carbonyl (C=O) groups is 3. The molecule has 3 rings (SSSR count). The number of halogens is 1. The van der Waals surface area contributed by atoms with Crippen LogP contribution >= 0.6 is 0 Å². The normalized spacial score (nSPS) is 20.8. The van der Waals surface area contributed by atoms with Gasteiger partial charge in [0.15, 0.2) is 0 Å². The highest BCUT2D eigenvalue weighted by Crippen LogP contribution is 2.23. The molecule has 23 heavy (non-hydrogen) atoms. The molecule has 1 aromatic carbocycles. The maximum Gasteiger partial charge on any atom is 0.322 e. The van der Waals surface area contributed by atoms with Crippen LogP contribution in [0.1, 0.15) is 18.4 Å². The number of nitrogens with zero attached hydrogens (tertiary/aromatic N) is 1. The zero-order chi connectivity index (χ0) is 16.4. The molecule has 0 unspecified atom stereocenters. The molecule has 0 aliphatic carbocycles. The number of rotatable bonds is 3. The number of imide groups is 1. The lowest BCUT2D eigenvalue weighted by atomic mass is 9.99. The third-order valence-electron chi connectivity index (χ3n) is 4.01. The summed E-state index contributed by atoms with van der Waals surface area (Å²) in [6, 6.07) is 4.90. The minimum Gasteiger partial charge on any atom is -0.339 e. The van der Waals surface area contributed by atoms with E-state index in [0.29, 0.717) is 19.5 Å². The molecule has 1 fully saturated rings. The predicted octanol–water partition coefficient (Wildman–Crippen LogP) is 1.04. The van der Waals surface area contributed by atoms with Crippen molar-refractivity contribution in [1.82, 2.24) is 15.5 Å². The van der Waals surface area contributed by atoms with Crippen LogP contribution in [0.5, 0.6) is 0 Å². The molecule has 6 nitrogen and oxygen atoms in total. The fourth-order valence-corrected chi connectivity index (χ4v) is 2.73. The minimum absolute atomic E-state index is 0.0444. The van der Waals surface area contributed by atoms with Crippen molar-refractivity contribution in [1.29, 1.82) is 0 Å². The topological polar surface area (TPSA) is 78.5 Å². The van der Waals surface area contributed by atoms with Crippen molar-refractivity contribution in [2.75, 3.05) is 13.1 Å². The van der Waals surface area contributed by atoms with Crippen LogP contribution in [0.3, 0.4) is 0 Å². The second-order valence-corrected chi connectivity index (χ2v) is 5.55. The Morgan fingerprint density at radius 1 is 1.26 bits per heavy atom. The van der Waals surface area contributed by atoms with Crippen LogP contribution in [0.2, 0.25) is 0 Å². The molecule has 0 bridgehead atoms. The first-order valence-corrected chi connectivity index (χ1v) is 7.37. The van der Waals surface area contributed by atoms with E-state index < -0.39 is 18.0 Å². The number of hydrogen-bond donors (Lipinski definition) is 2. The number of hydrogen-bond acceptors (Lipinski definition) is 3. The summed E-state index contributed by atoms with van der Waals surface area (Å²) in [7, 11) is 0. The highest BCUT2D eigenvalue weighted by Gasteiger charge is 2.32. The standard InChI is InChI=1S/C16H16FN3O3/c17-12-3-1-10(2-4-12)11-5-7-20(8-6-11)14(21)9-13-15(22)19-16(23)18-13/h1-5,13H,6-9H2,(H2,18,19,22,23)/t13-/m1/s1. The Labute approximate surface area is 132 Å². The average molecular weight is 317 g/mol. The number of benzene rings is 1. The quantitative estimate of drug-likeness (QED) is 0.818. The second kappa shape index (κ2) is 6.20. The van der Waals surface area contributed by atoms with Crippen molar-refractivity contribution in [3.05, 3.63) is 41.7 Å². The Morgan fingerprint density at radius 3 is 2.57 bits per heavy atom. The second-order valence-electron chi connectivity index (χ2n) is 5.55. The largest absolute Gasteiger partial charge is 0.339 e. The Balaban J connectivity index is 1.59. The van der Waals surface area contributed by atoms with Crippen molar-refractivity contribution < 1.29 is 18.8 Å². The lowest BCUT2D eigenvalue weighted by Crippen LogP contribution is -2.40. The number of urea groups is 1. The Kier molecular flexibility index (Phi) is 4.10. The number of amides is 4. The van der Waals surface area contributed by atoms with Gasteiger partial charge in [-0.3, -0.25) is 14.9 Å². The molecule has 0 spiro atoms. The number of nitrogens with one attached hydrogen (secondary N) is 2. The molecule has 1 saturated heterocycles. The molecular formula is C16H16FN3O3. The SMILES string of the molecule is O=C1NC(=O)[C@@H](CC(=O)N2CC=C(c3ccc(F)cc3)CC2)N1. The lowest BCUT2D eigenvalue weighted by Gasteiger charge is -2.27. The van der Waals surface area contributed by atoms with Crippen molar-refractivity contribution >= 4 is 23.4 Å². The van der Waals surface area contributed by atoms with Crippen molar-refractivity contribution in [2.24, 2.45) is 0 Å². The van der Waals surface area contributed by atoms with E-state index in [2.05, 4.69) is 10.6 Å². The van der Waals surface area contributed by atoms with Gasteiger partial charge < -0.3 is 10.2 Å². The van der Waals surface area contributed by atoms with E-state index in [0.717, 1.165) is 11.1 Å². The van der Waals surface area contributed by atoms with Crippen LogP contribution in [0, 0.1) is 5.82 Å². The summed E-state index contributed by atoms with van der Waals surface area (Å²) in [5.74, 6) is -0.927. The maximum absolute atomic E-state index is 12.9. The van der Waals surface area contributed by atoms with E-state index in [1.54, 1.807) is 17.0 Å². The molecule has 0 radical (unpaired) electrons. The molecule has 0 aromatic heterocycles. The monoisotopic (exact) mass is 317 g/mol. The first-order valence-electron chi connectivity index (χ1n) is 7.37. The molecule has 120 valence electrons. The van der Waals surface area contributed by atoms with Gasteiger partial charge in [-0.05, 0) is 29.7 Å². The predicted molar refractivity (Wildman–Crippen MR) is 80.7 cm³/mol. The maximum atomic E-state index is 12.9. The van der Waals surface area contributed by atoms with E-state index >= 15 is 0 Å². The van der Waals surface area contributed by atoms with Crippen LogP contribution in [0.4, 0.5) is 9.18 Å². The van der Waals surface area contributed by atoms with E-state index in [-0.39, 0.29) is 18.1 Å². The first kappa shape index (κ1) is 15.2. The van der Waals surface area contributed by atoms with Gasteiger partial charge in [0, 0.05) is 13.1 Å². The molecule has 1 aromatic rings. The molecule has 7 heteroatoms. The summed E-state index contributed by atoms with van der Waals surface area (Å²) in [5, 5.41) is 4.52. The van der Waals surface area contributed by atoms with Crippen LogP contribution in [0.15, 0.2) is 30.3 Å². The zero-order valence-electron chi connectivity index (χ0n) is 12.3. The molecule has 4 amide bonds.